The molecule has 0 saturated heterocycles. The molecule has 3 rings (SSSR count). The number of carboxylic acids is 1. The third-order valence-electron chi connectivity index (χ3n) is 3.55. The Balaban J connectivity index is 2.31. The first-order valence-electron chi connectivity index (χ1n) is 7.16. The van der Waals surface area contributed by atoms with Crippen LogP contribution in [-0.2, 0) is 6.18 Å². The summed E-state index contributed by atoms with van der Waals surface area (Å²) in [4.78, 5) is 15.1. The molecule has 0 aliphatic carbocycles. The van der Waals surface area contributed by atoms with Gasteiger partial charge >= 0.3 is 12.1 Å². The Kier molecular flexibility index (Phi) is 4.18. The first-order chi connectivity index (χ1) is 12.3. The van der Waals surface area contributed by atoms with Crippen molar-refractivity contribution < 1.29 is 23.1 Å². The lowest BCUT2D eigenvalue weighted by Crippen LogP contribution is -2.13. The molecule has 9 heteroatoms. The Morgan fingerprint density at radius 1 is 1.23 bits per heavy atom. The van der Waals surface area contributed by atoms with E-state index in [-0.39, 0.29) is 16.9 Å². The van der Waals surface area contributed by atoms with E-state index in [1.54, 1.807) is 18.2 Å². The highest BCUT2D eigenvalue weighted by Gasteiger charge is 2.35. The third kappa shape index (κ3) is 3.12. The number of aromatic nitrogens is 3. The Labute approximate surface area is 144 Å². The first kappa shape index (κ1) is 17.2. The van der Waals surface area contributed by atoms with E-state index in [4.69, 9.17) is 5.26 Å². The summed E-state index contributed by atoms with van der Waals surface area (Å²) in [6, 6.07) is 8.95. The molecule has 0 aliphatic rings. The highest BCUT2D eigenvalue weighted by atomic mass is 19.4. The molecule has 130 valence electrons. The third-order valence-corrected chi connectivity index (χ3v) is 3.55. The second kappa shape index (κ2) is 6.33. The summed E-state index contributed by atoms with van der Waals surface area (Å²) in [5.41, 5.74) is -1.55. The van der Waals surface area contributed by atoms with E-state index in [9.17, 15) is 23.1 Å². The lowest BCUT2D eigenvalue weighted by molar-refractivity contribution is -0.137. The molecule has 0 saturated carbocycles. The van der Waals surface area contributed by atoms with Crippen LogP contribution in [0.5, 0.6) is 0 Å². The van der Waals surface area contributed by atoms with Crippen molar-refractivity contribution in [3.8, 4) is 23.0 Å². The average molecular weight is 358 g/mol. The van der Waals surface area contributed by atoms with Gasteiger partial charge in [0.2, 0.25) is 0 Å². The standard InChI is InChI=1S/C17H9F3N4O2/c18-17(19,20)12-6-10(8-21)3-4-14(12)24-15(7-13(23-24)16(25)26)11-2-1-5-22-9-11/h1-7,9H,(H,25,26). The number of hydrogen-bond donors (Lipinski definition) is 1. The zero-order valence-corrected chi connectivity index (χ0v) is 12.9. The number of hydrogen-bond acceptors (Lipinski definition) is 4. The number of rotatable bonds is 3. The largest absolute Gasteiger partial charge is 0.476 e. The molecule has 3 aromatic rings. The second-order valence-electron chi connectivity index (χ2n) is 5.21. The van der Waals surface area contributed by atoms with Crippen LogP contribution in [0.1, 0.15) is 21.6 Å². The van der Waals surface area contributed by atoms with Gasteiger partial charge in [0.25, 0.3) is 0 Å². The van der Waals surface area contributed by atoms with Gasteiger partial charge in [-0.1, -0.05) is 0 Å². The average Bonchev–Trinajstić information content (AvgIpc) is 3.06. The number of alkyl halides is 3. The molecule has 2 aromatic heterocycles. The van der Waals surface area contributed by atoms with Gasteiger partial charge in [0.05, 0.1) is 28.6 Å². The predicted octanol–water partition coefficient (Wildman–Crippen LogP) is 3.52. The van der Waals surface area contributed by atoms with Crippen LogP contribution in [0.15, 0.2) is 48.8 Å². The van der Waals surface area contributed by atoms with E-state index in [1.807, 2.05) is 0 Å². The van der Waals surface area contributed by atoms with E-state index in [1.165, 1.54) is 18.5 Å². The van der Waals surface area contributed by atoms with Gasteiger partial charge in [-0.2, -0.15) is 23.5 Å². The zero-order chi connectivity index (χ0) is 18.9. The highest BCUT2D eigenvalue weighted by Crippen LogP contribution is 2.36. The van der Waals surface area contributed by atoms with Gasteiger partial charge in [-0.25, -0.2) is 9.48 Å². The molecule has 0 atom stereocenters. The van der Waals surface area contributed by atoms with Gasteiger partial charge in [0.1, 0.15) is 0 Å². The summed E-state index contributed by atoms with van der Waals surface area (Å²) in [7, 11) is 0. The zero-order valence-electron chi connectivity index (χ0n) is 12.9. The van der Waals surface area contributed by atoms with Gasteiger partial charge in [-0.3, -0.25) is 4.98 Å². The minimum atomic E-state index is -4.76. The molecule has 26 heavy (non-hydrogen) atoms. The number of carboxylic acid groups (broad SMARTS) is 1. The van der Waals surface area contributed by atoms with Gasteiger partial charge in [-0.15, -0.1) is 0 Å². The van der Waals surface area contributed by atoms with Crippen LogP contribution < -0.4 is 0 Å². The van der Waals surface area contributed by atoms with Crippen LogP contribution in [0.25, 0.3) is 16.9 Å². The van der Waals surface area contributed by atoms with Crippen LogP contribution >= 0.6 is 0 Å². The lowest BCUT2D eigenvalue weighted by atomic mass is 10.1. The van der Waals surface area contributed by atoms with E-state index >= 15 is 0 Å². The van der Waals surface area contributed by atoms with Gasteiger partial charge in [0, 0.05) is 18.0 Å². The molecule has 0 aliphatic heterocycles. The van der Waals surface area contributed by atoms with Crippen molar-refractivity contribution in [1.82, 2.24) is 14.8 Å². The van der Waals surface area contributed by atoms with Gasteiger partial charge in [0.15, 0.2) is 5.69 Å². The van der Waals surface area contributed by atoms with E-state index < -0.39 is 23.4 Å². The van der Waals surface area contributed by atoms with Crippen LogP contribution in [0, 0.1) is 11.3 Å². The van der Waals surface area contributed by atoms with Crippen LogP contribution in [0.3, 0.4) is 0 Å². The van der Waals surface area contributed by atoms with Crippen molar-refractivity contribution in [2.75, 3.05) is 0 Å². The summed E-state index contributed by atoms with van der Waals surface area (Å²) in [5.74, 6) is -1.38. The molecule has 0 radical (unpaired) electrons. The number of nitriles is 1. The van der Waals surface area contributed by atoms with Crippen molar-refractivity contribution in [3.63, 3.8) is 0 Å². The Morgan fingerprint density at radius 2 is 2.00 bits per heavy atom. The van der Waals surface area contributed by atoms with Crippen LogP contribution in [0.2, 0.25) is 0 Å². The van der Waals surface area contributed by atoms with E-state index in [0.29, 0.717) is 11.6 Å². The topological polar surface area (TPSA) is 91.8 Å². The minimum absolute atomic E-state index is 0.130. The summed E-state index contributed by atoms with van der Waals surface area (Å²) < 4.78 is 41.3. The van der Waals surface area contributed by atoms with Crippen molar-refractivity contribution in [2.45, 2.75) is 6.18 Å². The maximum atomic E-state index is 13.5. The molecular formula is C17H9F3N4O2. The molecule has 1 N–H and O–H groups in total. The second-order valence-corrected chi connectivity index (χ2v) is 5.21. The summed E-state index contributed by atoms with van der Waals surface area (Å²) in [6.45, 7) is 0. The van der Waals surface area contributed by atoms with E-state index in [0.717, 1.165) is 16.8 Å². The smallest absolute Gasteiger partial charge is 0.418 e. The highest BCUT2D eigenvalue weighted by molar-refractivity contribution is 5.87. The molecule has 0 unspecified atom stereocenters. The number of carbonyl (C=O) groups is 1. The molecule has 1 aromatic carbocycles. The molecule has 0 spiro atoms. The fourth-order valence-electron chi connectivity index (χ4n) is 2.41. The Hall–Kier alpha value is -3.67. The monoisotopic (exact) mass is 358 g/mol. The summed E-state index contributed by atoms with van der Waals surface area (Å²) >= 11 is 0. The van der Waals surface area contributed by atoms with Crippen LogP contribution in [-0.4, -0.2) is 25.8 Å². The van der Waals surface area contributed by atoms with Crippen molar-refractivity contribution in [3.05, 3.63) is 65.6 Å². The maximum Gasteiger partial charge on any atom is 0.418 e. The molecule has 0 bridgehead atoms. The minimum Gasteiger partial charge on any atom is -0.476 e. The molecule has 0 fully saturated rings. The number of benzene rings is 1. The number of halogens is 3. The molecule has 2 heterocycles. The lowest BCUT2D eigenvalue weighted by Gasteiger charge is -2.15. The number of nitrogens with zero attached hydrogens (tertiary/aromatic N) is 4. The summed E-state index contributed by atoms with van der Waals surface area (Å²) in [5, 5.41) is 21.8. The predicted molar refractivity (Wildman–Crippen MR) is 83.5 cm³/mol. The van der Waals surface area contributed by atoms with Crippen molar-refractivity contribution in [2.24, 2.45) is 0 Å². The first-order valence-corrected chi connectivity index (χ1v) is 7.16. The quantitative estimate of drug-likeness (QED) is 0.773. The Morgan fingerprint density at radius 3 is 2.58 bits per heavy atom. The van der Waals surface area contributed by atoms with Crippen LogP contribution in [0.4, 0.5) is 13.2 Å². The fourth-order valence-corrected chi connectivity index (χ4v) is 2.41. The maximum absolute atomic E-state index is 13.5. The SMILES string of the molecule is N#Cc1ccc(-n2nc(C(=O)O)cc2-c2cccnc2)c(C(F)(F)F)c1. The normalized spacial score (nSPS) is 11.2. The number of pyridine rings is 1. The van der Waals surface area contributed by atoms with Gasteiger partial charge in [-0.05, 0) is 36.4 Å². The molecular weight excluding hydrogens is 349 g/mol. The van der Waals surface area contributed by atoms with E-state index in [2.05, 4.69) is 10.1 Å². The van der Waals surface area contributed by atoms with Crippen molar-refractivity contribution in [1.29, 1.82) is 5.26 Å². The summed E-state index contributed by atoms with van der Waals surface area (Å²) in [6.07, 6.45) is -1.90. The van der Waals surface area contributed by atoms with Crippen molar-refractivity contribution >= 4 is 5.97 Å². The Bertz CT molecular complexity index is 1020. The molecule has 0 amide bonds. The fraction of sp³-hybridized carbons (Fsp3) is 0.0588. The van der Waals surface area contributed by atoms with Gasteiger partial charge < -0.3 is 5.11 Å². The molecule has 6 nitrogen and oxygen atoms in total. The number of aromatic carboxylic acids is 1.